The first-order chi connectivity index (χ1) is 21.3. The molecule has 8 nitrogen and oxygen atoms in total. The Hall–Kier alpha value is -4.49. The van der Waals surface area contributed by atoms with Crippen LogP contribution < -0.4 is 10.2 Å². The van der Waals surface area contributed by atoms with Gasteiger partial charge in [0, 0.05) is 30.5 Å². The maximum Gasteiger partial charge on any atom is 0.354 e. The zero-order valence-electron chi connectivity index (χ0n) is 24.3. The molecule has 0 atom stereocenters. The fourth-order valence-electron chi connectivity index (χ4n) is 5.96. The van der Waals surface area contributed by atoms with Crippen LogP contribution in [0.25, 0.3) is 22.0 Å². The number of carbonyl (C=O) groups excluding carboxylic acids is 1. The molecule has 224 valence electrons. The van der Waals surface area contributed by atoms with Crippen molar-refractivity contribution in [2.24, 2.45) is 0 Å². The minimum absolute atomic E-state index is 0.0891. The molecule has 0 aliphatic carbocycles. The summed E-state index contributed by atoms with van der Waals surface area (Å²) >= 11 is 0. The molecule has 1 aliphatic rings. The number of rotatable bonds is 10. The number of fused-ring (bicyclic) bond motifs is 1. The van der Waals surface area contributed by atoms with Gasteiger partial charge in [0.25, 0.3) is 0 Å². The number of nitrogens with zero attached hydrogens (tertiary/aromatic N) is 3. The summed E-state index contributed by atoms with van der Waals surface area (Å²) in [5.41, 5.74) is 4.60. The van der Waals surface area contributed by atoms with E-state index in [0.29, 0.717) is 31.6 Å². The number of hydrogen-bond acceptors (Lipinski definition) is 4. The molecule has 2 heterocycles. The molecule has 9 heteroatoms. The van der Waals surface area contributed by atoms with E-state index in [1.165, 1.54) is 4.90 Å². The highest BCUT2D eigenvalue weighted by atomic mass is 31.2. The second-order valence-electron chi connectivity index (χ2n) is 11.2. The molecule has 0 radical (unpaired) electrons. The summed E-state index contributed by atoms with van der Waals surface area (Å²) < 4.78 is 13.2. The lowest BCUT2D eigenvalue weighted by atomic mass is 10.0. The lowest BCUT2D eigenvalue weighted by Crippen LogP contribution is -2.72. The number of likely N-dealkylation sites (tertiary alicyclic amines) is 1. The predicted octanol–water partition coefficient (Wildman–Crippen LogP) is 6.09. The van der Waals surface area contributed by atoms with Gasteiger partial charge in [-0.05, 0) is 59.0 Å². The van der Waals surface area contributed by atoms with Gasteiger partial charge in [-0.25, -0.2) is 4.79 Å². The molecule has 4 aromatic carbocycles. The molecule has 1 fully saturated rings. The third-order valence-corrected chi connectivity index (χ3v) is 9.99. The van der Waals surface area contributed by atoms with E-state index >= 15 is 0 Å². The Kier molecular flexibility index (Phi) is 8.49. The van der Waals surface area contributed by atoms with E-state index in [0.717, 1.165) is 33.2 Å². The second-order valence-corrected chi connectivity index (χ2v) is 13.1. The van der Waals surface area contributed by atoms with Gasteiger partial charge < -0.3 is 24.9 Å². The highest BCUT2D eigenvalue weighted by Gasteiger charge is 2.61. The van der Waals surface area contributed by atoms with Crippen molar-refractivity contribution >= 4 is 30.1 Å². The SMILES string of the molecule is O=C(NCCc1cccc2ccccc12)N1CC(N(CCc2ccccc2)c2ccc(-c3ccccn3)cc2)(P(=O)(O)O)C1. The van der Waals surface area contributed by atoms with E-state index in [2.05, 4.69) is 34.6 Å². The van der Waals surface area contributed by atoms with Crippen LogP contribution in [0.5, 0.6) is 0 Å². The third-order valence-electron chi connectivity index (χ3n) is 8.38. The van der Waals surface area contributed by atoms with Gasteiger partial charge in [0.15, 0.2) is 5.28 Å². The number of carbonyl (C=O) groups is 1. The molecule has 0 unspecified atom stereocenters. The zero-order valence-corrected chi connectivity index (χ0v) is 25.2. The highest BCUT2D eigenvalue weighted by Crippen LogP contribution is 2.58. The lowest BCUT2D eigenvalue weighted by Gasteiger charge is -2.55. The van der Waals surface area contributed by atoms with Crippen molar-refractivity contribution in [1.82, 2.24) is 15.2 Å². The minimum Gasteiger partial charge on any atom is -0.352 e. The van der Waals surface area contributed by atoms with Crippen molar-refractivity contribution in [2.75, 3.05) is 31.1 Å². The quantitative estimate of drug-likeness (QED) is 0.166. The Morgan fingerprint density at radius 1 is 0.841 bits per heavy atom. The van der Waals surface area contributed by atoms with Crippen molar-refractivity contribution < 1.29 is 19.1 Å². The van der Waals surface area contributed by atoms with E-state index in [4.69, 9.17) is 0 Å². The van der Waals surface area contributed by atoms with Crippen LogP contribution >= 0.6 is 7.60 Å². The van der Waals surface area contributed by atoms with E-state index in [1.54, 1.807) is 11.1 Å². The molecule has 0 bridgehead atoms. The number of pyridine rings is 1. The highest BCUT2D eigenvalue weighted by molar-refractivity contribution is 7.54. The second kappa shape index (κ2) is 12.6. The standard InChI is InChI=1S/C35H35N4O4P/c40-34(37-23-20-29-13-8-12-28-11-4-5-14-32(28)29)38-25-35(26-38,44(41,42)43)39(24-21-27-9-2-1-3-10-27)31-18-16-30(17-19-31)33-15-6-7-22-36-33/h1-19,22H,20-21,23-26H2,(H,37,40)(H2,41,42,43). The molecule has 0 saturated carbocycles. The van der Waals surface area contributed by atoms with Crippen molar-refractivity contribution in [3.8, 4) is 11.3 Å². The van der Waals surface area contributed by atoms with E-state index < -0.39 is 12.9 Å². The van der Waals surface area contributed by atoms with Gasteiger partial charge in [0.1, 0.15) is 0 Å². The number of amides is 2. The summed E-state index contributed by atoms with van der Waals surface area (Å²) in [4.78, 5) is 42.4. The average molecular weight is 607 g/mol. The molecule has 5 aromatic rings. The van der Waals surface area contributed by atoms with Gasteiger partial charge in [-0.2, -0.15) is 0 Å². The Bertz CT molecular complexity index is 1770. The van der Waals surface area contributed by atoms with Crippen LogP contribution in [0, 0.1) is 0 Å². The van der Waals surface area contributed by atoms with E-state index in [1.807, 2.05) is 91.0 Å². The van der Waals surface area contributed by atoms with Gasteiger partial charge in [-0.1, -0.05) is 91.0 Å². The summed E-state index contributed by atoms with van der Waals surface area (Å²) in [7, 11) is -4.70. The first-order valence-corrected chi connectivity index (χ1v) is 16.3. The van der Waals surface area contributed by atoms with Crippen LogP contribution in [0.15, 0.2) is 121 Å². The molecule has 6 rings (SSSR count). The van der Waals surface area contributed by atoms with Gasteiger partial charge >= 0.3 is 13.6 Å². The molecular formula is C35H35N4O4P. The van der Waals surface area contributed by atoms with Gasteiger partial charge in [-0.3, -0.25) is 9.55 Å². The van der Waals surface area contributed by atoms with Crippen molar-refractivity contribution in [1.29, 1.82) is 0 Å². The number of hydrogen-bond donors (Lipinski definition) is 3. The smallest absolute Gasteiger partial charge is 0.352 e. The Morgan fingerprint density at radius 3 is 2.27 bits per heavy atom. The van der Waals surface area contributed by atoms with Crippen molar-refractivity contribution in [3.63, 3.8) is 0 Å². The summed E-state index contributed by atoms with van der Waals surface area (Å²) in [6.07, 6.45) is 2.96. The van der Waals surface area contributed by atoms with Crippen LogP contribution in [-0.2, 0) is 17.4 Å². The number of anilines is 1. The molecule has 1 saturated heterocycles. The molecule has 1 aromatic heterocycles. The number of nitrogens with one attached hydrogen (secondary N) is 1. The Labute approximate surface area is 257 Å². The predicted molar refractivity (Wildman–Crippen MR) is 175 cm³/mol. The van der Waals surface area contributed by atoms with Gasteiger partial charge in [0.05, 0.1) is 18.8 Å². The number of aromatic nitrogens is 1. The molecular weight excluding hydrogens is 571 g/mol. The Balaban J connectivity index is 1.20. The van der Waals surface area contributed by atoms with Gasteiger partial charge in [-0.15, -0.1) is 0 Å². The third kappa shape index (κ3) is 6.10. The molecule has 0 spiro atoms. The number of benzene rings is 4. The Morgan fingerprint density at radius 2 is 1.55 bits per heavy atom. The summed E-state index contributed by atoms with van der Waals surface area (Å²) in [6.45, 7) is 0.607. The minimum atomic E-state index is -4.70. The fraction of sp³-hybridized carbons (Fsp3) is 0.200. The summed E-state index contributed by atoms with van der Waals surface area (Å²) in [5, 5.41) is 3.71. The van der Waals surface area contributed by atoms with Gasteiger partial charge in [0.2, 0.25) is 0 Å². The summed E-state index contributed by atoms with van der Waals surface area (Å²) in [5.74, 6) is 0. The molecule has 44 heavy (non-hydrogen) atoms. The van der Waals surface area contributed by atoms with E-state index in [9.17, 15) is 19.1 Å². The van der Waals surface area contributed by atoms with Crippen molar-refractivity contribution in [3.05, 3.63) is 133 Å². The maximum absolute atomic E-state index is 13.2. The van der Waals surface area contributed by atoms with E-state index in [-0.39, 0.29) is 19.1 Å². The van der Waals surface area contributed by atoms with Crippen LogP contribution in [-0.4, -0.2) is 57.2 Å². The molecule has 1 aliphatic heterocycles. The topological polar surface area (TPSA) is 106 Å². The van der Waals surface area contributed by atoms with Crippen molar-refractivity contribution in [2.45, 2.75) is 18.1 Å². The van der Waals surface area contributed by atoms with Crippen LogP contribution in [0.4, 0.5) is 10.5 Å². The molecule has 2 amide bonds. The lowest BCUT2D eigenvalue weighted by molar-refractivity contribution is 0.115. The van der Waals surface area contributed by atoms with Crippen LogP contribution in [0.2, 0.25) is 0 Å². The fourth-order valence-corrected chi connectivity index (χ4v) is 7.20. The van der Waals surface area contributed by atoms with Crippen LogP contribution in [0.3, 0.4) is 0 Å². The monoisotopic (exact) mass is 606 g/mol. The normalized spacial score (nSPS) is 14.2. The first kappa shape index (κ1) is 29.6. The number of urea groups is 1. The molecule has 3 N–H and O–H groups in total. The zero-order chi connectivity index (χ0) is 30.6. The average Bonchev–Trinajstić information content (AvgIpc) is 3.02. The first-order valence-electron chi connectivity index (χ1n) is 14.7. The van der Waals surface area contributed by atoms with Crippen LogP contribution in [0.1, 0.15) is 11.1 Å². The maximum atomic E-state index is 13.2. The largest absolute Gasteiger partial charge is 0.354 e. The summed E-state index contributed by atoms with van der Waals surface area (Å²) in [6, 6.07) is 37.1.